The zero-order valence-electron chi connectivity index (χ0n) is 7.73. The first-order chi connectivity index (χ1) is 6.29. The van der Waals surface area contributed by atoms with Gasteiger partial charge in [0.25, 0.3) is 0 Å². The van der Waals surface area contributed by atoms with Crippen LogP contribution in [0.15, 0.2) is 21.7 Å². The lowest BCUT2D eigenvalue weighted by Gasteiger charge is -2.11. The van der Waals surface area contributed by atoms with E-state index in [1.54, 1.807) is 11.3 Å². The van der Waals surface area contributed by atoms with Crippen LogP contribution in [0.5, 0.6) is 0 Å². The van der Waals surface area contributed by atoms with Crippen LogP contribution >= 0.6 is 11.3 Å². The second kappa shape index (κ2) is 5.52. The highest BCUT2D eigenvalue weighted by Gasteiger charge is 2.16. The first-order valence-electron chi connectivity index (χ1n) is 4.43. The summed E-state index contributed by atoms with van der Waals surface area (Å²) in [4.78, 5) is 0. The fraction of sp³-hybridized carbons (Fsp3) is 0.556. The Morgan fingerprint density at radius 2 is 2.46 bits per heavy atom. The molecule has 2 nitrogen and oxygen atoms in total. The van der Waals surface area contributed by atoms with E-state index in [-0.39, 0.29) is 5.25 Å². The molecule has 0 radical (unpaired) electrons. The predicted octanol–water partition coefficient (Wildman–Crippen LogP) is 1.98. The normalized spacial score (nSPS) is 15.5. The highest BCUT2D eigenvalue weighted by atomic mass is 32.2. The molecule has 2 N–H and O–H groups in total. The van der Waals surface area contributed by atoms with Gasteiger partial charge in [0.05, 0.1) is 15.0 Å². The molecule has 0 amide bonds. The number of thiophene rings is 1. The van der Waals surface area contributed by atoms with Crippen molar-refractivity contribution in [3.8, 4) is 0 Å². The van der Waals surface area contributed by atoms with Crippen LogP contribution in [-0.2, 0) is 10.8 Å². The van der Waals surface area contributed by atoms with E-state index in [1.807, 2.05) is 17.5 Å². The van der Waals surface area contributed by atoms with Crippen molar-refractivity contribution in [2.24, 2.45) is 5.73 Å². The first kappa shape index (κ1) is 10.9. The molecule has 0 fully saturated rings. The highest BCUT2D eigenvalue weighted by Crippen LogP contribution is 2.20. The summed E-state index contributed by atoms with van der Waals surface area (Å²) in [6, 6.07) is 3.87. The second-order valence-electron chi connectivity index (χ2n) is 2.84. The molecule has 4 heteroatoms. The summed E-state index contributed by atoms with van der Waals surface area (Å²) in [7, 11) is -0.851. The Morgan fingerprint density at radius 3 is 2.92 bits per heavy atom. The molecular formula is C9H15NOS2. The summed E-state index contributed by atoms with van der Waals surface area (Å²) in [6.45, 7) is 2.68. The Bertz CT molecular complexity index is 259. The summed E-state index contributed by atoms with van der Waals surface area (Å²) in [6.07, 6.45) is 1.78. The van der Waals surface area contributed by atoms with Crippen molar-refractivity contribution in [3.05, 3.63) is 17.5 Å². The number of nitrogens with two attached hydrogens (primary N) is 1. The van der Waals surface area contributed by atoms with E-state index in [0.29, 0.717) is 6.54 Å². The van der Waals surface area contributed by atoms with Gasteiger partial charge in [-0.3, -0.25) is 4.21 Å². The number of rotatable bonds is 5. The highest BCUT2D eigenvalue weighted by molar-refractivity contribution is 7.87. The molecule has 0 saturated heterocycles. The van der Waals surface area contributed by atoms with Gasteiger partial charge in [-0.1, -0.05) is 13.0 Å². The quantitative estimate of drug-likeness (QED) is 0.819. The number of hydrogen-bond acceptors (Lipinski definition) is 3. The van der Waals surface area contributed by atoms with E-state index in [4.69, 9.17) is 5.73 Å². The average molecular weight is 217 g/mol. The minimum absolute atomic E-state index is 0.226. The zero-order valence-corrected chi connectivity index (χ0v) is 9.37. The molecule has 0 bridgehead atoms. The van der Waals surface area contributed by atoms with Crippen molar-refractivity contribution in [1.82, 2.24) is 0 Å². The third-order valence-corrected chi connectivity index (χ3v) is 5.09. The lowest BCUT2D eigenvalue weighted by Crippen LogP contribution is -2.18. The van der Waals surface area contributed by atoms with Crippen molar-refractivity contribution in [2.75, 3.05) is 6.54 Å². The molecule has 0 spiro atoms. The van der Waals surface area contributed by atoms with Crippen LogP contribution in [0, 0.1) is 0 Å². The lowest BCUT2D eigenvalue weighted by atomic mass is 10.2. The Balaban J connectivity index is 2.65. The van der Waals surface area contributed by atoms with Crippen LogP contribution in [0.3, 0.4) is 0 Å². The largest absolute Gasteiger partial charge is 0.330 e. The molecule has 0 aliphatic heterocycles. The fourth-order valence-electron chi connectivity index (χ4n) is 1.19. The van der Waals surface area contributed by atoms with Crippen molar-refractivity contribution in [3.63, 3.8) is 0 Å². The van der Waals surface area contributed by atoms with Crippen LogP contribution in [0.25, 0.3) is 0 Å². The van der Waals surface area contributed by atoms with E-state index in [9.17, 15) is 4.21 Å². The molecule has 2 unspecified atom stereocenters. The van der Waals surface area contributed by atoms with Crippen LogP contribution in [0.1, 0.15) is 19.8 Å². The standard InChI is InChI=1S/C9H15NOS2/c1-2-8(5-6-10)13(11)9-4-3-7-12-9/h3-4,7-8H,2,5-6,10H2,1H3. The third-order valence-electron chi connectivity index (χ3n) is 1.94. The molecule has 1 aromatic rings. The molecule has 0 aliphatic carbocycles. The maximum atomic E-state index is 11.9. The van der Waals surface area contributed by atoms with Crippen molar-refractivity contribution in [1.29, 1.82) is 0 Å². The summed E-state index contributed by atoms with van der Waals surface area (Å²) < 4.78 is 12.9. The molecule has 1 rings (SSSR count). The molecule has 1 heterocycles. The van der Waals surface area contributed by atoms with Crippen LogP contribution in [-0.4, -0.2) is 16.0 Å². The Morgan fingerprint density at radius 1 is 1.69 bits per heavy atom. The maximum Gasteiger partial charge on any atom is 0.0913 e. The lowest BCUT2D eigenvalue weighted by molar-refractivity contribution is 0.652. The predicted molar refractivity (Wildman–Crippen MR) is 58.5 cm³/mol. The SMILES string of the molecule is CCC(CCN)S(=O)c1cccs1. The molecule has 74 valence electrons. The summed E-state index contributed by atoms with van der Waals surface area (Å²) in [5, 5.41) is 2.19. The molecule has 2 atom stereocenters. The van der Waals surface area contributed by atoms with Crippen molar-refractivity contribution in [2.45, 2.75) is 29.2 Å². The fourth-order valence-corrected chi connectivity index (χ4v) is 3.79. The first-order valence-corrected chi connectivity index (χ1v) is 6.53. The molecule has 0 saturated carbocycles. The van der Waals surface area contributed by atoms with Gasteiger partial charge in [0.1, 0.15) is 0 Å². The summed E-state index contributed by atoms with van der Waals surface area (Å²) in [5.41, 5.74) is 5.47. The zero-order chi connectivity index (χ0) is 9.68. The third kappa shape index (κ3) is 2.90. The van der Waals surface area contributed by atoms with E-state index in [0.717, 1.165) is 17.1 Å². The minimum Gasteiger partial charge on any atom is -0.330 e. The average Bonchev–Trinajstić information content (AvgIpc) is 2.65. The van der Waals surface area contributed by atoms with Gasteiger partial charge in [0, 0.05) is 5.25 Å². The molecule has 0 aromatic carbocycles. The second-order valence-corrected chi connectivity index (χ2v) is 5.74. The van der Waals surface area contributed by atoms with Gasteiger partial charge in [-0.15, -0.1) is 11.3 Å². The van der Waals surface area contributed by atoms with Crippen molar-refractivity contribution >= 4 is 22.1 Å². The van der Waals surface area contributed by atoms with Crippen molar-refractivity contribution < 1.29 is 4.21 Å². The van der Waals surface area contributed by atoms with E-state index >= 15 is 0 Å². The number of hydrogen-bond donors (Lipinski definition) is 1. The van der Waals surface area contributed by atoms with Gasteiger partial charge in [0.2, 0.25) is 0 Å². The molecule has 1 aromatic heterocycles. The van der Waals surface area contributed by atoms with E-state index in [2.05, 4.69) is 6.92 Å². The Hall–Kier alpha value is -0.190. The van der Waals surface area contributed by atoms with Crippen LogP contribution in [0.4, 0.5) is 0 Å². The van der Waals surface area contributed by atoms with Gasteiger partial charge >= 0.3 is 0 Å². The van der Waals surface area contributed by atoms with Gasteiger partial charge in [-0.05, 0) is 30.8 Å². The van der Waals surface area contributed by atoms with E-state index < -0.39 is 10.8 Å². The smallest absolute Gasteiger partial charge is 0.0913 e. The minimum atomic E-state index is -0.851. The molecular weight excluding hydrogens is 202 g/mol. The van der Waals surface area contributed by atoms with E-state index in [1.165, 1.54) is 0 Å². The topological polar surface area (TPSA) is 43.1 Å². The monoisotopic (exact) mass is 217 g/mol. The molecule has 13 heavy (non-hydrogen) atoms. The Kier molecular flexibility index (Phi) is 4.62. The summed E-state index contributed by atoms with van der Waals surface area (Å²) >= 11 is 1.56. The van der Waals surface area contributed by atoms with Crippen LogP contribution in [0.2, 0.25) is 0 Å². The molecule has 0 aliphatic rings. The van der Waals surface area contributed by atoms with Gasteiger partial charge in [-0.25, -0.2) is 0 Å². The van der Waals surface area contributed by atoms with Gasteiger partial charge in [-0.2, -0.15) is 0 Å². The Labute approximate surface area is 85.6 Å². The van der Waals surface area contributed by atoms with Gasteiger partial charge in [0.15, 0.2) is 0 Å². The van der Waals surface area contributed by atoms with Gasteiger partial charge < -0.3 is 5.73 Å². The van der Waals surface area contributed by atoms with Crippen LogP contribution < -0.4 is 5.73 Å². The summed E-state index contributed by atoms with van der Waals surface area (Å²) in [5.74, 6) is 0. The maximum absolute atomic E-state index is 11.9.